The van der Waals surface area contributed by atoms with Crippen molar-refractivity contribution in [2.75, 3.05) is 13.2 Å². The first kappa shape index (κ1) is 15.8. The van der Waals surface area contributed by atoms with Crippen LogP contribution in [-0.4, -0.2) is 36.2 Å². The van der Waals surface area contributed by atoms with E-state index in [9.17, 15) is 9.59 Å². The number of amides is 1. The van der Waals surface area contributed by atoms with Crippen LogP contribution in [0.5, 0.6) is 11.5 Å². The number of hydrogen-bond donors (Lipinski definition) is 2. The van der Waals surface area contributed by atoms with Crippen molar-refractivity contribution in [3.05, 3.63) is 23.8 Å². The van der Waals surface area contributed by atoms with E-state index < -0.39 is 5.97 Å². The van der Waals surface area contributed by atoms with Crippen molar-refractivity contribution in [3.8, 4) is 11.5 Å². The summed E-state index contributed by atoms with van der Waals surface area (Å²) in [4.78, 5) is 22.7. The molecule has 2 N–H and O–H groups in total. The highest BCUT2D eigenvalue weighted by atomic mass is 16.5. The number of aromatic carboxylic acids is 1. The van der Waals surface area contributed by atoms with Gasteiger partial charge in [0, 0.05) is 6.04 Å². The van der Waals surface area contributed by atoms with Crippen molar-refractivity contribution in [2.24, 2.45) is 0 Å². The van der Waals surface area contributed by atoms with Gasteiger partial charge in [-0.2, -0.15) is 0 Å². The smallest absolute Gasteiger partial charge is 0.339 e. The highest BCUT2D eigenvalue weighted by Gasteiger charge is 2.17. The largest absolute Gasteiger partial charge is 0.490 e. The van der Waals surface area contributed by atoms with Crippen LogP contribution in [0.4, 0.5) is 0 Å². The molecular formula is C14H19NO5. The molecule has 1 aromatic rings. The Labute approximate surface area is 117 Å². The molecule has 0 radical (unpaired) electrons. The van der Waals surface area contributed by atoms with Gasteiger partial charge in [0.2, 0.25) is 0 Å². The average Bonchev–Trinajstić information content (AvgIpc) is 2.36. The Hall–Kier alpha value is -2.24. The summed E-state index contributed by atoms with van der Waals surface area (Å²) in [5.41, 5.74) is -0.0340. The summed E-state index contributed by atoms with van der Waals surface area (Å²) in [6.07, 6.45) is 0. The Kier molecular flexibility index (Phi) is 5.83. The number of rotatable bonds is 7. The molecule has 0 saturated carbocycles. The van der Waals surface area contributed by atoms with Gasteiger partial charge in [0.25, 0.3) is 5.91 Å². The molecule has 0 fully saturated rings. The minimum Gasteiger partial charge on any atom is -0.490 e. The van der Waals surface area contributed by atoms with Crippen LogP contribution >= 0.6 is 0 Å². The summed E-state index contributed by atoms with van der Waals surface area (Å²) < 4.78 is 10.6. The van der Waals surface area contributed by atoms with E-state index in [0.29, 0.717) is 12.4 Å². The SMILES string of the molecule is CCOc1cccc(C(=O)O)c1OCC(=O)NC(C)C. The molecule has 0 aromatic heterocycles. The molecule has 20 heavy (non-hydrogen) atoms. The number of carboxylic acid groups (broad SMARTS) is 1. The predicted octanol–water partition coefficient (Wildman–Crippen LogP) is 1.69. The monoisotopic (exact) mass is 281 g/mol. The number of carbonyl (C=O) groups is 2. The molecule has 0 aliphatic heterocycles. The van der Waals surface area contributed by atoms with Gasteiger partial charge in [0.15, 0.2) is 18.1 Å². The summed E-state index contributed by atoms with van der Waals surface area (Å²) in [6.45, 7) is 5.55. The van der Waals surface area contributed by atoms with Gasteiger partial charge < -0.3 is 19.9 Å². The van der Waals surface area contributed by atoms with E-state index in [2.05, 4.69) is 5.32 Å². The zero-order valence-corrected chi connectivity index (χ0v) is 11.8. The fourth-order valence-electron chi connectivity index (χ4n) is 1.60. The van der Waals surface area contributed by atoms with Crippen molar-refractivity contribution in [2.45, 2.75) is 26.8 Å². The lowest BCUT2D eigenvalue weighted by atomic mass is 10.2. The average molecular weight is 281 g/mol. The molecule has 0 spiro atoms. The van der Waals surface area contributed by atoms with E-state index in [1.54, 1.807) is 19.1 Å². The third kappa shape index (κ3) is 4.46. The van der Waals surface area contributed by atoms with Crippen LogP contribution < -0.4 is 14.8 Å². The third-order valence-corrected chi connectivity index (χ3v) is 2.31. The van der Waals surface area contributed by atoms with E-state index in [1.165, 1.54) is 6.07 Å². The Bertz CT molecular complexity index is 484. The van der Waals surface area contributed by atoms with Crippen LogP contribution in [0.1, 0.15) is 31.1 Å². The maximum absolute atomic E-state index is 11.6. The van der Waals surface area contributed by atoms with Crippen molar-refractivity contribution in [1.82, 2.24) is 5.32 Å². The molecule has 0 bridgehead atoms. The van der Waals surface area contributed by atoms with E-state index in [1.807, 2.05) is 13.8 Å². The first-order chi connectivity index (χ1) is 9.45. The first-order valence-corrected chi connectivity index (χ1v) is 6.37. The van der Waals surface area contributed by atoms with Crippen LogP contribution in [0, 0.1) is 0 Å². The Morgan fingerprint density at radius 1 is 1.30 bits per heavy atom. The molecular weight excluding hydrogens is 262 g/mol. The van der Waals surface area contributed by atoms with Crippen molar-refractivity contribution < 1.29 is 24.2 Å². The molecule has 0 atom stereocenters. The zero-order valence-electron chi connectivity index (χ0n) is 11.8. The molecule has 6 heteroatoms. The minimum absolute atomic E-state index is 0.00724. The second-order valence-corrected chi connectivity index (χ2v) is 4.38. The van der Waals surface area contributed by atoms with Gasteiger partial charge in [-0.1, -0.05) is 6.07 Å². The molecule has 0 unspecified atom stereocenters. The van der Waals surface area contributed by atoms with Crippen LogP contribution in [0.3, 0.4) is 0 Å². The first-order valence-electron chi connectivity index (χ1n) is 6.37. The van der Waals surface area contributed by atoms with Crippen LogP contribution in [0.25, 0.3) is 0 Å². The summed E-state index contributed by atoms with van der Waals surface area (Å²) in [5.74, 6) is -1.07. The van der Waals surface area contributed by atoms with Gasteiger partial charge in [-0.25, -0.2) is 4.79 Å². The number of para-hydroxylation sites is 1. The number of ether oxygens (including phenoxy) is 2. The fraction of sp³-hybridized carbons (Fsp3) is 0.429. The van der Waals surface area contributed by atoms with Gasteiger partial charge in [0.05, 0.1) is 6.61 Å². The summed E-state index contributed by atoms with van der Waals surface area (Å²) in [7, 11) is 0. The van der Waals surface area contributed by atoms with Gasteiger partial charge in [-0.15, -0.1) is 0 Å². The van der Waals surface area contributed by atoms with Gasteiger partial charge in [-0.3, -0.25) is 4.79 Å². The summed E-state index contributed by atoms with van der Waals surface area (Å²) in [5, 5.41) is 11.8. The lowest BCUT2D eigenvalue weighted by Gasteiger charge is -2.14. The number of carboxylic acids is 1. The quantitative estimate of drug-likeness (QED) is 0.794. The molecule has 1 rings (SSSR count). The van der Waals surface area contributed by atoms with E-state index in [4.69, 9.17) is 14.6 Å². The number of carbonyl (C=O) groups excluding carboxylic acids is 1. The van der Waals surface area contributed by atoms with E-state index in [-0.39, 0.29) is 29.9 Å². The lowest BCUT2D eigenvalue weighted by molar-refractivity contribution is -0.123. The Balaban J connectivity index is 2.90. The van der Waals surface area contributed by atoms with E-state index in [0.717, 1.165) is 0 Å². The maximum Gasteiger partial charge on any atom is 0.339 e. The maximum atomic E-state index is 11.6. The summed E-state index contributed by atoms with van der Waals surface area (Å²) in [6, 6.07) is 4.56. The second-order valence-electron chi connectivity index (χ2n) is 4.38. The van der Waals surface area contributed by atoms with Crippen molar-refractivity contribution in [1.29, 1.82) is 0 Å². The molecule has 0 saturated heterocycles. The summed E-state index contributed by atoms with van der Waals surface area (Å²) >= 11 is 0. The Morgan fingerprint density at radius 3 is 2.55 bits per heavy atom. The van der Waals surface area contributed by atoms with E-state index >= 15 is 0 Å². The third-order valence-electron chi connectivity index (χ3n) is 2.31. The molecule has 0 aliphatic rings. The molecule has 110 valence electrons. The van der Waals surface area contributed by atoms with Crippen molar-refractivity contribution in [3.63, 3.8) is 0 Å². The molecule has 0 aliphatic carbocycles. The van der Waals surface area contributed by atoms with Crippen LogP contribution in [-0.2, 0) is 4.79 Å². The van der Waals surface area contributed by atoms with Gasteiger partial charge >= 0.3 is 5.97 Å². The second kappa shape index (κ2) is 7.37. The van der Waals surface area contributed by atoms with Gasteiger partial charge in [-0.05, 0) is 32.9 Å². The highest BCUT2D eigenvalue weighted by Crippen LogP contribution is 2.31. The van der Waals surface area contributed by atoms with Gasteiger partial charge in [0.1, 0.15) is 5.56 Å². The standard InChI is InChI=1S/C14H19NO5/c1-4-19-11-7-5-6-10(14(17)18)13(11)20-8-12(16)15-9(2)3/h5-7,9H,4,8H2,1-3H3,(H,15,16)(H,17,18). The molecule has 0 heterocycles. The number of nitrogens with one attached hydrogen (secondary N) is 1. The van der Waals surface area contributed by atoms with Crippen molar-refractivity contribution >= 4 is 11.9 Å². The molecule has 1 aromatic carbocycles. The predicted molar refractivity (Wildman–Crippen MR) is 73.3 cm³/mol. The Morgan fingerprint density at radius 2 is 2.00 bits per heavy atom. The minimum atomic E-state index is -1.13. The number of hydrogen-bond acceptors (Lipinski definition) is 4. The molecule has 1 amide bonds. The molecule has 6 nitrogen and oxygen atoms in total. The van der Waals surface area contributed by atoms with Crippen LogP contribution in [0.2, 0.25) is 0 Å². The fourth-order valence-corrected chi connectivity index (χ4v) is 1.60. The zero-order chi connectivity index (χ0) is 15.1. The van der Waals surface area contributed by atoms with Crippen LogP contribution in [0.15, 0.2) is 18.2 Å². The highest BCUT2D eigenvalue weighted by molar-refractivity contribution is 5.92. The number of benzene rings is 1. The topological polar surface area (TPSA) is 84.9 Å². The normalized spacial score (nSPS) is 10.2. The lowest BCUT2D eigenvalue weighted by Crippen LogP contribution is -2.34.